The van der Waals surface area contributed by atoms with Gasteiger partial charge in [0.15, 0.2) is 6.10 Å². The van der Waals surface area contributed by atoms with Gasteiger partial charge in [0.25, 0.3) is 11.8 Å². The zero-order chi connectivity index (χ0) is 17.8. The summed E-state index contributed by atoms with van der Waals surface area (Å²) in [6.45, 7) is 3.95. The Hall–Kier alpha value is -2.82. The van der Waals surface area contributed by atoms with E-state index in [1.807, 2.05) is 38.1 Å². The summed E-state index contributed by atoms with van der Waals surface area (Å²) in [5.74, 6) is 0.298. The van der Waals surface area contributed by atoms with Gasteiger partial charge in [0.05, 0.1) is 11.3 Å². The summed E-state index contributed by atoms with van der Waals surface area (Å²) in [5, 5.41) is 5.76. The van der Waals surface area contributed by atoms with Crippen molar-refractivity contribution in [3.8, 4) is 5.75 Å². The Kier molecular flexibility index (Phi) is 5.03. The zero-order valence-electron chi connectivity index (χ0n) is 14.4. The quantitative estimate of drug-likeness (QED) is 0.880. The molecule has 0 saturated heterocycles. The lowest BCUT2D eigenvalue weighted by Crippen LogP contribution is -2.34. The smallest absolute Gasteiger partial charge is 0.265 e. The maximum atomic E-state index is 12.6. The van der Waals surface area contributed by atoms with Crippen molar-refractivity contribution in [3.63, 3.8) is 0 Å². The Morgan fingerprint density at radius 1 is 1.16 bits per heavy atom. The minimum atomic E-state index is -0.580. The standard InChI is InChI=1S/C20H22N2O3/c1-3-13(2)21-19(23)15-9-5-6-10-16(15)22-20(24)18-12-14-8-4-7-11-17(14)25-18/h4-11,13,18H,3,12H2,1-2H3,(H,21,23)(H,22,24)/t13-,18-/m1/s1. The number of amides is 2. The van der Waals surface area contributed by atoms with Crippen molar-refractivity contribution in [2.24, 2.45) is 0 Å². The van der Waals surface area contributed by atoms with Crippen molar-refractivity contribution >= 4 is 17.5 Å². The number of hydrogen-bond acceptors (Lipinski definition) is 3. The van der Waals surface area contributed by atoms with Gasteiger partial charge in [0.2, 0.25) is 0 Å². The molecule has 5 nitrogen and oxygen atoms in total. The van der Waals surface area contributed by atoms with E-state index < -0.39 is 6.10 Å². The van der Waals surface area contributed by atoms with Crippen LogP contribution >= 0.6 is 0 Å². The van der Waals surface area contributed by atoms with Gasteiger partial charge >= 0.3 is 0 Å². The molecule has 0 saturated carbocycles. The molecule has 2 aromatic rings. The molecule has 1 aliphatic heterocycles. The van der Waals surface area contributed by atoms with Crippen LogP contribution in [0.3, 0.4) is 0 Å². The van der Waals surface area contributed by atoms with Crippen LogP contribution in [0.25, 0.3) is 0 Å². The van der Waals surface area contributed by atoms with Gasteiger partial charge in [0.1, 0.15) is 5.75 Å². The molecule has 2 atom stereocenters. The van der Waals surface area contributed by atoms with Crippen LogP contribution in [0.1, 0.15) is 36.2 Å². The van der Waals surface area contributed by atoms with Gasteiger partial charge in [-0.15, -0.1) is 0 Å². The molecular formula is C20H22N2O3. The molecular weight excluding hydrogens is 316 g/mol. The van der Waals surface area contributed by atoms with Crippen molar-refractivity contribution in [1.29, 1.82) is 0 Å². The SMILES string of the molecule is CC[C@@H](C)NC(=O)c1ccccc1NC(=O)[C@H]1Cc2ccccc2O1. The lowest BCUT2D eigenvalue weighted by Gasteiger charge is -2.16. The molecule has 0 radical (unpaired) electrons. The predicted octanol–water partition coefficient (Wildman–Crippen LogP) is 3.16. The lowest BCUT2D eigenvalue weighted by molar-refractivity contribution is -0.122. The third-order valence-corrected chi connectivity index (χ3v) is 4.36. The Balaban J connectivity index is 1.71. The van der Waals surface area contributed by atoms with E-state index in [-0.39, 0.29) is 17.9 Å². The van der Waals surface area contributed by atoms with Gasteiger partial charge in [-0.25, -0.2) is 0 Å². The van der Waals surface area contributed by atoms with Crippen LogP contribution in [-0.2, 0) is 11.2 Å². The van der Waals surface area contributed by atoms with E-state index in [0.29, 0.717) is 17.7 Å². The lowest BCUT2D eigenvalue weighted by atomic mass is 10.1. The van der Waals surface area contributed by atoms with Crippen LogP contribution < -0.4 is 15.4 Å². The largest absolute Gasteiger partial charge is 0.480 e. The summed E-state index contributed by atoms with van der Waals surface area (Å²) >= 11 is 0. The molecule has 2 aromatic carbocycles. The van der Waals surface area contributed by atoms with E-state index in [9.17, 15) is 9.59 Å². The van der Waals surface area contributed by atoms with Gasteiger partial charge in [-0.1, -0.05) is 37.3 Å². The third kappa shape index (κ3) is 3.82. The van der Waals surface area contributed by atoms with Crippen molar-refractivity contribution in [2.75, 3.05) is 5.32 Å². The molecule has 0 unspecified atom stereocenters. The molecule has 25 heavy (non-hydrogen) atoms. The van der Waals surface area contributed by atoms with E-state index in [4.69, 9.17) is 4.74 Å². The first kappa shape index (κ1) is 17.0. The molecule has 0 fully saturated rings. The summed E-state index contributed by atoms with van der Waals surface area (Å²) in [6.07, 6.45) is 0.792. The fourth-order valence-electron chi connectivity index (χ4n) is 2.74. The number of ether oxygens (including phenoxy) is 1. The van der Waals surface area contributed by atoms with E-state index in [1.165, 1.54) is 0 Å². The van der Waals surface area contributed by atoms with Gasteiger partial charge in [-0.05, 0) is 37.1 Å². The Morgan fingerprint density at radius 2 is 1.88 bits per heavy atom. The fourth-order valence-corrected chi connectivity index (χ4v) is 2.74. The first-order chi connectivity index (χ1) is 12.1. The molecule has 130 valence electrons. The minimum Gasteiger partial charge on any atom is -0.480 e. The van der Waals surface area contributed by atoms with Crippen molar-refractivity contribution in [2.45, 2.75) is 38.8 Å². The zero-order valence-corrected chi connectivity index (χ0v) is 14.4. The molecule has 0 aromatic heterocycles. The van der Waals surface area contributed by atoms with Crippen molar-refractivity contribution in [1.82, 2.24) is 5.32 Å². The summed E-state index contributed by atoms with van der Waals surface area (Å²) in [5.41, 5.74) is 1.96. The number of nitrogens with one attached hydrogen (secondary N) is 2. The van der Waals surface area contributed by atoms with E-state index in [0.717, 1.165) is 17.7 Å². The van der Waals surface area contributed by atoms with E-state index >= 15 is 0 Å². The number of hydrogen-bond donors (Lipinski definition) is 2. The normalized spacial score (nSPS) is 16.5. The number of carbonyl (C=O) groups excluding carboxylic acids is 2. The second kappa shape index (κ2) is 7.38. The molecule has 1 aliphatic rings. The number of carbonyl (C=O) groups is 2. The summed E-state index contributed by atoms with van der Waals surface area (Å²) in [7, 11) is 0. The molecule has 0 bridgehead atoms. The van der Waals surface area contributed by atoms with E-state index in [1.54, 1.807) is 24.3 Å². The highest BCUT2D eigenvalue weighted by Crippen LogP contribution is 2.29. The Bertz CT molecular complexity index is 763. The first-order valence-corrected chi connectivity index (χ1v) is 8.53. The predicted molar refractivity (Wildman–Crippen MR) is 96.9 cm³/mol. The molecule has 1 heterocycles. The Morgan fingerprint density at radius 3 is 2.64 bits per heavy atom. The molecule has 2 N–H and O–H groups in total. The Labute approximate surface area is 147 Å². The molecule has 2 amide bonds. The van der Waals surface area contributed by atoms with Crippen molar-refractivity contribution in [3.05, 3.63) is 59.7 Å². The fraction of sp³-hybridized carbons (Fsp3) is 0.300. The highest BCUT2D eigenvalue weighted by Gasteiger charge is 2.29. The monoisotopic (exact) mass is 338 g/mol. The van der Waals surface area contributed by atoms with Gasteiger partial charge in [-0.2, -0.15) is 0 Å². The average molecular weight is 338 g/mol. The molecule has 0 spiro atoms. The number of benzene rings is 2. The number of para-hydroxylation sites is 2. The van der Waals surface area contributed by atoms with E-state index in [2.05, 4.69) is 10.6 Å². The molecule has 0 aliphatic carbocycles. The third-order valence-electron chi connectivity index (χ3n) is 4.36. The van der Waals surface area contributed by atoms with Crippen LogP contribution in [-0.4, -0.2) is 24.0 Å². The van der Waals surface area contributed by atoms with Gasteiger partial charge < -0.3 is 15.4 Å². The van der Waals surface area contributed by atoms with Crippen LogP contribution in [0.4, 0.5) is 5.69 Å². The summed E-state index contributed by atoms with van der Waals surface area (Å²) in [4.78, 5) is 25.0. The first-order valence-electron chi connectivity index (χ1n) is 8.53. The van der Waals surface area contributed by atoms with Gasteiger partial charge in [-0.3, -0.25) is 9.59 Å². The van der Waals surface area contributed by atoms with Crippen LogP contribution in [0, 0.1) is 0 Å². The second-order valence-electron chi connectivity index (χ2n) is 6.24. The van der Waals surface area contributed by atoms with Crippen molar-refractivity contribution < 1.29 is 14.3 Å². The maximum absolute atomic E-state index is 12.6. The maximum Gasteiger partial charge on any atom is 0.265 e. The van der Waals surface area contributed by atoms with Crippen LogP contribution in [0.2, 0.25) is 0 Å². The minimum absolute atomic E-state index is 0.0731. The number of anilines is 1. The summed E-state index contributed by atoms with van der Waals surface area (Å²) < 4.78 is 5.71. The molecule has 3 rings (SSSR count). The summed E-state index contributed by atoms with van der Waals surface area (Å²) in [6, 6.07) is 14.7. The van der Waals surface area contributed by atoms with Crippen LogP contribution in [0.5, 0.6) is 5.75 Å². The second-order valence-corrected chi connectivity index (χ2v) is 6.24. The number of fused-ring (bicyclic) bond motifs is 1. The van der Waals surface area contributed by atoms with Gasteiger partial charge in [0, 0.05) is 12.5 Å². The highest BCUT2D eigenvalue weighted by molar-refractivity contribution is 6.05. The topological polar surface area (TPSA) is 67.4 Å². The average Bonchev–Trinajstić information content (AvgIpc) is 3.06. The van der Waals surface area contributed by atoms with Crippen LogP contribution in [0.15, 0.2) is 48.5 Å². The number of rotatable bonds is 5. The molecule has 5 heteroatoms. The highest BCUT2D eigenvalue weighted by atomic mass is 16.5.